The summed E-state index contributed by atoms with van der Waals surface area (Å²) in [5.74, 6) is 4.71. The van der Waals surface area contributed by atoms with Crippen molar-refractivity contribution in [2.45, 2.75) is 46.1 Å². The van der Waals surface area contributed by atoms with Crippen molar-refractivity contribution < 1.29 is 4.52 Å². The quantitative estimate of drug-likeness (QED) is 0.815. The fourth-order valence-electron chi connectivity index (χ4n) is 4.01. The van der Waals surface area contributed by atoms with Gasteiger partial charge in [-0.3, -0.25) is 4.90 Å². The van der Waals surface area contributed by atoms with E-state index in [1.165, 1.54) is 0 Å². The topological polar surface area (TPSA) is 71.2 Å². The van der Waals surface area contributed by atoms with Crippen molar-refractivity contribution in [3.05, 3.63) is 29.8 Å². The molecule has 0 amide bonds. The Morgan fingerprint density at radius 1 is 1.04 bits per heavy atom. The monoisotopic (exact) mass is 356 g/mol. The molecular weight excluding hydrogens is 328 g/mol. The highest BCUT2D eigenvalue weighted by Gasteiger charge is 2.40. The largest absolute Gasteiger partial charge is 0.356 e. The van der Waals surface area contributed by atoms with E-state index in [9.17, 15) is 0 Å². The molecule has 0 radical (unpaired) electrons. The van der Waals surface area contributed by atoms with Crippen molar-refractivity contribution in [2.75, 3.05) is 31.1 Å². The Balaban J connectivity index is 1.36. The zero-order chi connectivity index (χ0) is 18.3. The van der Waals surface area contributed by atoms with E-state index in [1.54, 1.807) is 6.33 Å². The van der Waals surface area contributed by atoms with E-state index in [0.717, 1.165) is 56.0 Å². The average molecular weight is 356 g/mol. The maximum atomic E-state index is 5.41. The summed E-state index contributed by atoms with van der Waals surface area (Å²) < 4.78 is 5.41. The van der Waals surface area contributed by atoms with E-state index in [-0.39, 0.29) is 0 Å². The van der Waals surface area contributed by atoms with Gasteiger partial charge < -0.3 is 9.42 Å². The van der Waals surface area contributed by atoms with Crippen LogP contribution in [-0.4, -0.2) is 51.2 Å². The highest BCUT2D eigenvalue weighted by Crippen LogP contribution is 2.34. The number of nitrogens with zero attached hydrogens (tertiary/aromatic N) is 6. The van der Waals surface area contributed by atoms with Crippen LogP contribution in [0, 0.1) is 11.8 Å². The van der Waals surface area contributed by atoms with Gasteiger partial charge in [-0.25, -0.2) is 9.97 Å². The van der Waals surface area contributed by atoms with E-state index < -0.39 is 0 Å². The summed E-state index contributed by atoms with van der Waals surface area (Å²) in [6.07, 6.45) is 1.70. The predicted octanol–water partition coefficient (Wildman–Crippen LogP) is 2.67. The first-order valence-electron chi connectivity index (χ1n) is 9.61. The van der Waals surface area contributed by atoms with Gasteiger partial charge in [0.1, 0.15) is 12.1 Å². The first-order valence-corrected chi connectivity index (χ1v) is 9.61. The van der Waals surface area contributed by atoms with Crippen molar-refractivity contribution in [3.8, 4) is 0 Å². The van der Waals surface area contributed by atoms with E-state index in [4.69, 9.17) is 4.52 Å². The zero-order valence-corrected chi connectivity index (χ0v) is 16.1. The summed E-state index contributed by atoms with van der Waals surface area (Å²) in [5.41, 5.74) is 1.12. The number of anilines is 1. The van der Waals surface area contributed by atoms with Gasteiger partial charge in [-0.15, -0.1) is 0 Å². The molecule has 2 aromatic rings. The number of hydrogen-bond donors (Lipinski definition) is 0. The minimum atomic E-state index is 0.308. The fourth-order valence-corrected chi connectivity index (χ4v) is 4.01. The highest BCUT2D eigenvalue weighted by molar-refractivity contribution is 5.41. The molecule has 7 heteroatoms. The van der Waals surface area contributed by atoms with Crippen molar-refractivity contribution >= 4 is 5.82 Å². The van der Waals surface area contributed by atoms with Gasteiger partial charge in [0.25, 0.3) is 0 Å². The molecule has 2 aliphatic rings. The molecule has 2 fully saturated rings. The number of likely N-dealkylation sites (tertiary alicyclic amines) is 1. The van der Waals surface area contributed by atoms with Gasteiger partial charge in [-0.1, -0.05) is 32.9 Å². The predicted molar refractivity (Wildman–Crippen MR) is 99.0 cm³/mol. The van der Waals surface area contributed by atoms with Gasteiger partial charge in [-0.05, 0) is 17.8 Å². The van der Waals surface area contributed by atoms with Crippen LogP contribution in [0.4, 0.5) is 5.82 Å². The Kier molecular flexibility index (Phi) is 4.65. The molecule has 2 atom stereocenters. The summed E-state index contributed by atoms with van der Waals surface area (Å²) in [4.78, 5) is 18.3. The maximum absolute atomic E-state index is 5.41. The van der Waals surface area contributed by atoms with E-state index in [1.807, 2.05) is 0 Å². The van der Waals surface area contributed by atoms with Crippen molar-refractivity contribution in [3.63, 3.8) is 0 Å². The molecule has 2 aromatic heterocycles. The molecule has 2 unspecified atom stereocenters. The Hall–Kier alpha value is -2.02. The molecule has 2 saturated heterocycles. The minimum absolute atomic E-state index is 0.308. The molecule has 0 aliphatic carbocycles. The van der Waals surface area contributed by atoms with E-state index in [0.29, 0.717) is 23.7 Å². The molecular formula is C19H28N6O. The van der Waals surface area contributed by atoms with Crippen LogP contribution in [0.5, 0.6) is 0 Å². The zero-order valence-electron chi connectivity index (χ0n) is 16.1. The smallest absolute Gasteiger partial charge is 0.240 e. The SMILES string of the molecule is CC(C)c1cc(N2CC3CN(Cc4nc(C(C)C)no4)CC3C2)ncn1. The Labute approximate surface area is 154 Å². The Morgan fingerprint density at radius 3 is 2.38 bits per heavy atom. The number of fused-ring (bicyclic) bond motifs is 1. The number of aromatic nitrogens is 4. The summed E-state index contributed by atoms with van der Waals surface area (Å²) in [6, 6.07) is 2.15. The van der Waals surface area contributed by atoms with Gasteiger partial charge in [0.15, 0.2) is 5.82 Å². The first-order chi connectivity index (χ1) is 12.5. The number of hydrogen-bond acceptors (Lipinski definition) is 7. The van der Waals surface area contributed by atoms with Crippen molar-refractivity contribution in [1.82, 2.24) is 25.0 Å². The fraction of sp³-hybridized carbons (Fsp3) is 0.684. The van der Waals surface area contributed by atoms with Crippen LogP contribution in [0.25, 0.3) is 0 Å². The molecule has 4 rings (SSSR count). The second-order valence-corrected chi connectivity index (χ2v) is 8.28. The summed E-state index contributed by atoms with van der Waals surface area (Å²) in [5, 5.41) is 4.07. The third-order valence-corrected chi connectivity index (χ3v) is 5.51. The Bertz CT molecular complexity index is 744. The standard InChI is InChI=1S/C19H28N6O/c1-12(2)16-5-17(21-11-20-16)25-8-14-6-24(7-15(14)9-25)10-18-22-19(13(3)4)23-26-18/h5,11-15H,6-10H2,1-4H3. The van der Waals surface area contributed by atoms with E-state index >= 15 is 0 Å². The van der Waals surface area contributed by atoms with Crippen molar-refractivity contribution in [1.29, 1.82) is 0 Å². The second kappa shape index (κ2) is 6.95. The molecule has 7 nitrogen and oxygen atoms in total. The molecule has 4 heterocycles. The van der Waals surface area contributed by atoms with Gasteiger partial charge in [0.2, 0.25) is 5.89 Å². The summed E-state index contributed by atoms with van der Waals surface area (Å²) >= 11 is 0. The molecule has 0 saturated carbocycles. The van der Waals surface area contributed by atoms with Crippen LogP contribution in [-0.2, 0) is 6.54 Å². The van der Waals surface area contributed by atoms with Gasteiger partial charge in [0, 0.05) is 43.9 Å². The molecule has 0 spiro atoms. The van der Waals surface area contributed by atoms with Crippen LogP contribution in [0.15, 0.2) is 16.9 Å². The summed E-state index contributed by atoms with van der Waals surface area (Å²) in [6.45, 7) is 13.6. The molecule has 0 N–H and O–H groups in total. The van der Waals surface area contributed by atoms with E-state index in [2.05, 4.69) is 63.7 Å². The summed E-state index contributed by atoms with van der Waals surface area (Å²) in [7, 11) is 0. The third-order valence-electron chi connectivity index (χ3n) is 5.51. The third kappa shape index (κ3) is 3.45. The van der Waals surface area contributed by atoms with Crippen LogP contribution in [0.1, 0.15) is 56.9 Å². The number of rotatable bonds is 5. The van der Waals surface area contributed by atoms with Gasteiger partial charge >= 0.3 is 0 Å². The Morgan fingerprint density at radius 2 is 1.77 bits per heavy atom. The first kappa shape index (κ1) is 17.4. The van der Waals surface area contributed by atoms with Crippen LogP contribution < -0.4 is 4.90 Å². The minimum Gasteiger partial charge on any atom is -0.356 e. The maximum Gasteiger partial charge on any atom is 0.240 e. The molecule has 2 aliphatic heterocycles. The highest BCUT2D eigenvalue weighted by atomic mass is 16.5. The molecule has 26 heavy (non-hydrogen) atoms. The molecule has 0 bridgehead atoms. The normalized spacial score (nSPS) is 23.4. The van der Waals surface area contributed by atoms with Gasteiger partial charge in [-0.2, -0.15) is 4.98 Å². The molecule has 140 valence electrons. The average Bonchev–Trinajstić information content (AvgIpc) is 3.30. The lowest BCUT2D eigenvalue weighted by atomic mass is 10.0. The van der Waals surface area contributed by atoms with Gasteiger partial charge in [0.05, 0.1) is 6.54 Å². The second-order valence-electron chi connectivity index (χ2n) is 8.28. The molecule has 0 aromatic carbocycles. The lowest BCUT2D eigenvalue weighted by Crippen LogP contribution is -2.29. The lowest BCUT2D eigenvalue weighted by molar-refractivity contribution is 0.254. The van der Waals surface area contributed by atoms with Crippen molar-refractivity contribution in [2.24, 2.45) is 11.8 Å². The lowest BCUT2D eigenvalue weighted by Gasteiger charge is -2.22. The van der Waals surface area contributed by atoms with Crippen LogP contribution in [0.3, 0.4) is 0 Å². The van der Waals surface area contributed by atoms with Crippen LogP contribution in [0.2, 0.25) is 0 Å². The van der Waals surface area contributed by atoms with Crippen LogP contribution >= 0.6 is 0 Å².